The Labute approximate surface area is 110 Å². The number of aliphatic hydroxyl groups is 1. The molecule has 0 saturated heterocycles. The maximum absolute atomic E-state index is 12.6. The number of hydrogen-bond acceptors (Lipinski definition) is 2. The van der Waals surface area contributed by atoms with E-state index in [1.165, 1.54) is 12.1 Å². The Morgan fingerprint density at radius 1 is 1.00 bits per heavy atom. The average Bonchev–Trinajstić information content (AvgIpc) is 2.45. The SMILES string of the molecule is OCc1cccc(NCc2cccc(C(F)F)c2)c1. The summed E-state index contributed by atoms with van der Waals surface area (Å²) in [5.74, 6) is 0. The van der Waals surface area contributed by atoms with Crippen molar-refractivity contribution in [1.82, 2.24) is 0 Å². The summed E-state index contributed by atoms with van der Waals surface area (Å²) in [6, 6.07) is 13.7. The first kappa shape index (κ1) is 13.5. The molecule has 0 aliphatic heterocycles. The molecule has 0 atom stereocenters. The highest BCUT2D eigenvalue weighted by Gasteiger charge is 2.06. The van der Waals surface area contributed by atoms with Crippen LogP contribution >= 0.6 is 0 Å². The van der Waals surface area contributed by atoms with Gasteiger partial charge in [-0.15, -0.1) is 0 Å². The molecule has 0 heterocycles. The van der Waals surface area contributed by atoms with Gasteiger partial charge < -0.3 is 10.4 Å². The lowest BCUT2D eigenvalue weighted by Gasteiger charge is -2.09. The Bertz CT molecular complexity index is 543. The Hall–Kier alpha value is -1.94. The van der Waals surface area contributed by atoms with Gasteiger partial charge in [0.25, 0.3) is 6.43 Å². The fourth-order valence-corrected chi connectivity index (χ4v) is 1.82. The zero-order chi connectivity index (χ0) is 13.7. The molecule has 0 saturated carbocycles. The van der Waals surface area contributed by atoms with Crippen molar-refractivity contribution in [2.75, 3.05) is 5.32 Å². The summed E-state index contributed by atoms with van der Waals surface area (Å²) in [6.07, 6.45) is -2.45. The summed E-state index contributed by atoms with van der Waals surface area (Å²) in [4.78, 5) is 0. The second-order valence-corrected chi connectivity index (χ2v) is 4.26. The van der Waals surface area contributed by atoms with Gasteiger partial charge in [-0.2, -0.15) is 0 Å². The van der Waals surface area contributed by atoms with Crippen LogP contribution in [-0.2, 0) is 13.2 Å². The Morgan fingerprint density at radius 2 is 1.74 bits per heavy atom. The van der Waals surface area contributed by atoms with Gasteiger partial charge in [-0.05, 0) is 29.3 Å². The normalized spacial score (nSPS) is 10.7. The summed E-state index contributed by atoms with van der Waals surface area (Å²) in [5, 5.41) is 12.2. The molecule has 100 valence electrons. The van der Waals surface area contributed by atoms with Crippen LogP contribution in [0, 0.1) is 0 Å². The van der Waals surface area contributed by atoms with Gasteiger partial charge in [0.05, 0.1) is 6.61 Å². The van der Waals surface area contributed by atoms with E-state index >= 15 is 0 Å². The number of alkyl halides is 2. The molecule has 2 aromatic rings. The molecule has 2 N–H and O–H groups in total. The lowest BCUT2D eigenvalue weighted by molar-refractivity contribution is 0.151. The maximum atomic E-state index is 12.6. The molecule has 0 unspecified atom stereocenters. The minimum absolute atomic E-state index is 0.0175. The average molecular weight is 263 g/mol. The molecule has 0 aromatic heterocycles. The van der Waals surface area contributed by atoms with Crippen molar-refractivity contribution < 1.29 is 13.9 Å². The molecule has 0 aliphatic rings. The predicted molar refractivity (Wildman–Crippen MR) is 71.1 cm³/mol. The van der Waals surface area contributed by atoms with E-state index in [-0.39, 0.29) is 12.2 Å². The van der Waals surface area contributed by atoms with Crippen LogP contribution in [0.15, 0.2) is 48.5 Å². The molecule has 0 radical (unpaired) electrons. The number of hydrogen-bond donors (Lipinski definition) is 2. The molecule has 2 nitrogen and oxygen atoms in total. The van der Waals surface area contributed by atoms with Crippen molar-refractivity contribution in [3.05, 3.63) is 65.2 Å². The van der Waals surface area contributed by atoms with E-state index in [1.54, 1.807) is 12.1 Å². The van der Waals surface area contributed by atoms with E-state index in [0.29, 0.717) is 6.54 Å². The van der Waals surface area contributed by atoms with E-state index < -0.39 is 6.43 Å². The first-order valence-corrected chi connectivity index (χ1v) is 5.99. The van der Waals surface area contributed by atoms with Gasteiger partial charge >= 0.3 is 0 Å². The van der Waals surface area contributed by atoms with E-state index in [1.807, 2.05) is 24.3 Å². The third kappa shape index (κ3) is 3.76. The van der Waals surface area contributed by atoms with Gasteiger partial charge in [0.1, 0.15) is 0 Å². The highest BCUT2D eigenvalue weighted by atomic mass is 19.3. The number of rotatable bonds is 5. The van der Waals surface area contributed by atoms with E-state index in [4.69, 9.17) is 5.11 Å². The molecule has 0 fully saturated rings. The Balaban J connectivity index is 2.03. The molecule has 19 heavy (non-hydrogen) atoms. The number of benzene rings is 2. The van der Waals surface area contributed by atoms with Crippen LogP contribution in [0.25, 0.3) is 0 Å². The third-order valence-corrected chi connectivity index (χ3v) is 2.81. The predicted octanol–water partition coefficient (Wildman–Crippen LogP) is 3.73. The van der Waals surface area contributed by atoms with Gasteiger partial charge in [0.15, 0.2) is 0 Å². The molecule has 0 spiro atoms. The van der Waals surface area contributed by atoms with Crippen LogP contribution in [0.4, 0.5) is 14.5 Å². The van der Waals surface area contributed by atoms with Gasteiger partial charge in [-0.1, -0.05) is 30.3 Å². The van der Waals surface area contributed by atoms with E-state index in [9.17, 15) is 8.78 Å². The van der Waals surface area contributed by atoms with Crippen molar-refractivity contribution in [3.8, 4) is 0 Å². The summed E-state index contributed by atoms with van der Waals surface area (Å²) >= 11 is 0. The molecular weight excluding hydrogens is 248 g/mol. The van der Waals surface area contributed by atoms with Crippen molar-refractivity contribution in [2.24, 2.45) is 0 Å². The lowest BCUT2D eigenvalue weighted by atomic mass is 10.1. The quantitative estimate of drug-likeness (QED) is 0.861. The van der Waals surface area contributed by atoms with Crippen LogP contribution < -0.4 is 5.32 Å². The van der Waals surface area contributed by atoms with Crippen LogP contribution in [0.5, 0.6) is 0 Å². The van der Waals surface area contributed by atoms with E-state index in [2.05, 4.69) is 5.32 Å². The minimum Gasteiger partial charge on any atom is -0.392 e. The van der Waals surface area contributed by atoms with E-state index in [0.717, 1.165) is 16.8 Å². The van der Waals surface area contributed by atoms with Crippen LogP contribution in [-0.4, -0.2) is 5.11 Å². The van der Waals surface area contributed by atoms with Crippen molar-refractivity contribution in [3.63, 3.8) is 0 Å². The maximum Gasteiger partial charge on any atom is 0.263 e. The monoisotopic (exact) mass is 263 g/mol. The Morgan fingerprint density at radius 3 is 2.47 bits per heavy atom. The van der Waals surface area contributed by atoms with Crippen LogP contribution in [0.2, 0.25) is 0 Å². The fourth-order valence-electron chi connectivity index (χ4n) is 1.82. The molecule has 2 rings (SSSR count). The topological polar surface area (TPSA) is 32.3 Å². The second-order valence-electron chi connectivity index (χ2n) is 4.26. The van der Waals surface area contributed by atoms with Crippen LogP contribution in [0.1, 0.15) is 23.1 Å². The van der Waals surface area contributed by atoms with Gasteiger partial charge in [-0.3, -0.25) is 0 Å². The van der Waals surface area contributed by atoms with Crippen molar-refractivity contribution in [1.29, 1.82) is 0 Å². The number of halogens is 2. The zero-order valence-corrected chi connectivity index (χ0v) is 10.3. The number of anilines is 1. The summed E-state index contributed by atoms with van der Waals surface area (Å²) in [7, 11) is 0. The molecule has 2 aromatic carbocycles. The van der Waals surface area contributed by atoms with Gasteiger partial charge in [0.2, 0.25) is 0 Å². The largest absolute Gasteiger partial charge is 0.392 e. The van der Waals surface area contributed by atoms with Crippen LogP contribution in [0.3, 0.4) is 0 Å². The summed E-state index contributed by atoms with van der Waals surface area (Å²) in [6.45, 7) is 0.450. The minimum atomic E-state index is -2.45. The highest BCUT2D eigenvalue weighted by Crippen LogP contribution is 2.20. The van der Waals surface area contributed by atoms with Gasteiger partial charge in [0, 0.05) is 17.8 Å². The van der Waals surface area contributed by atoms with Crippen molar-refractivity contribution in [2.45, 2.75) is 19.6 Å². The standard InChI is InChI=1S/C15H15F2NO/c16-15(17)13-5-1-3-11(7-13)9-18-14-6-2-4-12(8-14)10-19/h1-8,15,18-19H,9-10H2. The Kier molecular flexibility index (Phi) is 4.47. The number of nitrogens with one attached hydrogen (secondary N) is 1. The summed E-state index contributed by atoms with van der Waals surface area (Å²) in [5.41, 5.74) is 2.50. The lowest BCUT2D eigenvalue weighted by Crippen LogP contribution is -2.00. The third-order valence-electron chi connectivity index (χ3n) is 2.81. The van der Waals surface area contributed by atoms with Gasteiger partial charge in [-0.25, -0.2) is 8.78 Å². The zero-order valence-electron chi connectivity index (χ0n) is 10.3. The molecule has 0 bridgehead atoms. The number of aliphatic hydroxyl groups excluding tert-OH is 1. The summed E-state index contributed by atoms with van der Waals surface area (Å²) < 4.78 is 25.1. The fraction of sp³-hybridized carbons (Fsp3) is 0.200. The van der Waals surface area contributed by atoms with Crippen molar-refractivity contribution >= 4 is 5.69 Å². The second kappa shape index (κ2) is 6.29. The molecule has 0 aliphatic carbocycles. The molecule has 0 amide bonds. The molecule has 4 heteroatoms. The highest BCUT2D eigenvalue weighted by molar-refractivity contribution is 5.46. The molecular formula is C15H15F2NO. The smallest absolute Gasteiger partial charge is 0.263 e. The first-order chi connectivity index (χ1) is 9.19. The first-order valence-electron chi connectivity index (χ1n) is 5.99.